The largest absolute Gasteiger partial charge is 0.292 e. The third kappa shape index (κ3) is 4.20. The lowest BCUT2D eigenvalue weighted by Crippen LogP contribution is -2.24. The van der Waals surface area contributed by atoms with Gasteiger partial charge in [0, 0.05) is 43.8 Å². The Morgan fingerprint density at radius 2 is 1.39 bits per heavy atom. The summed E-state index contributed by atoms with van der Waals surface area (Å²) in [5.41, 5.74) is 2.91. The van der Waals surface area contributed by atoms with E-state index in [0.29, 0.717) is 30.3 Å². The van der Waals surface area contributed by atoms with E-state index < -0.39 is 17.5 Å². The highest BCUT2D eigenvalue weighted by Crippen LogP contribution is 2.29. The van der Waals surface area contributed by atoms with Crippen molar-refractivity contribution in [2.45, 2.75) is 66.0 Å². The number of hydrogen-bond donors (Lipinski definition) is 0. The Bertz CT molecular complexity index is 867. The van der Waals surface area contributed by atoms with E-state index >= 15 is 0 Å². The zero-order valence-electron chi connectivity index (χ0n) is 16.6. The predicted molar refractivity (Wildman–Crippen MR) is 99.3 cm³/mol. The topological polar surface area (TPSA) is 19.4 Å². The molecular formula is C21H25F4N3. The lowest BCUT2D eigenvalue weighted by Gasteiger charge is -2.18. The second-order valence-electron chi connectivity index (χ2n) is 7.88. The highest BCUT2D eigenvalue weighted by molar-refractivity contribution is 5.33. The van der Waals surface area contributed by atoms with Crippen LogP contribution in [-0.2, 0) is 26.2 Å². The van der Waals surface area contributed by atoms with Crippen molar-refractivity contribution in [3.8, 4) is 0 Å². The van der Waals surface area contributed by atoms with Crippen molar-refractivity contribution < 1.29 is 17.6 Å². The highest BCUT2D eigenvalue weighted by atomic mass is 19.2. The minimum Gasteiger partial charge on any atom is -0.292 e. The molecule has 3 nitrogen and oxygen atoms in total. The fourth-order valence-corrected chi connectivity index (χ4v) is 3.46. The van der Waals surface area contributed by atoms with Gasteiger partial charge in [0.2, 0.25) is 0 Å². The van der Waals surface area contributed by atoms with E-state index in [9.17, 15) is 17.6 Å². The summed E-state index contributed by atoms with van der Waals surface area (Å²) < 4.78 is 52.0. The Hall–Kier alpha value is -1.99. The molecule has 1 aromatic carbocycles. The molecule has 28 heavy (non-hydrogen) atoms. The fraction of sp³-hybridized carbons (Fsp3) is 0.476. The predicted octanol–water partition coefficient (Wildman–Crippen LogP) is 4.77. The second kappa shape index (κ2) is 8.17. The standard InChI is InChI=1S/C11H12F3N.C10H13FN2/c1-6(2)15-4-7-3-9(12)11(14)10(13)8(7)5-15;1-7(2)13-5-8-3-9(11)4-12-10(8)6-13/h3,6H,4-5H2,1-2H3;3-4,7H,5-6H2,1-2H3. The molecular weight excluding hydrogens is 370 g/mol. The number of rotatable bonds is 2. The normalized spacial score (nSPS) is 16.4. The first-order chi connectivity index (χ1) is 13.2. The van der Waals surface area contributed by atoms with Crippen LogP contribution in [0.5, 0.6) is 0 Å². The minimum atomic E-state index is -1.36. The zero-order valence-corrected chi connectivity index (χ0v) is 16.6. The molecule has 4 rings (SSSR count). The van der Waals surface area contributed by atoms with Crippen LogP contribution in [0.15, 0.2) is 18.3 Å². The molecule has 3 heterocycles. The summed E-state index contributed by atoms with van der Waals surface area (Å²) in [4.78, 5) is 8.31. The van der Waals surface area contributed by atoms with Gasteiger partial charge in [0.15, 0.2) is 17.5 Å². The third-order valence-corrected chi connectivity index (χ3v) is 5.30. The summed E-state index contributed by atoms with van der Waals surface area (Å²) in [5.74, 6) is -3.73. The number of pyridine rings is 1. The Labute approximate surface area is 163 Å². The summed E-state index contributed by atoms with van der Waals surface area (Å²) in [6.45, 7) is 10.7. The van der Waals surface area contributed by atoms with Crippen LogP contribution in [0.4, 0.5) is 17.6 Å². The molecule has 7 heteroatoms. The molecule has 0 N–H and O–H groups in total. The number of aromatic nitrogens is 1. The van der Waals surface area contributed by atoms with Gasteiger partial charge in [-0.1, -0.05) is 0 Å². The molecule has 0 radical (unpaired) electrons. The third-order valence-electron chi connectivity index (χ3n) is 5.30. The summed E-state index contributed by atoms with van der Waals surface area (Å²) >= 11 is 0. The molecule has 2 aliphatic heterocycles. The SMILES string of the molecule is CC(C)N1Cc2cc(F)c(F)c(F)c2C1.CC(C)N1Cc2cc(F)cnc2C1. The van der Waals surface area contributed by atoms with Crippen molar-refractivity contribution in [1.29, 1.82) is 0 Å². The quantitative estimate of drug-likeness (QED) is 0.539. The van der Waals surface area contributed by atoms with Gasteiger partial charge in [-0.25, -0.2) is 17.6 Å². The molecule has 1 aromatic heterocycles. The number of fused-ring (bicyclic) bond motifs is 2. The maximum atomic E-state index is 13.4. The molecule has 152 valence electrons. The Morgan fingerprint density at radius 3 is 2.04 bits per heavy atom. The van der Waals surface area contributed by atoms with Crippen LogP contribution in [0.3, 0.4) is 0 Å². The highest BCUT2D eigenvalue weighted by Gasteiger charge is 2.27. The minimum absolute atomic E-state index is 0.232. The van der Waals surface area contributed by atoms with Crippen LogP contribution in [0.2, 0.25) is 0 Å². The van der Waals surface area contributed by atoms with Crippen molar-refractivity contribution in [3.63, 3.8) is 0 Å². The molecule has 0 amide bonds. The Morgan fingerprint density at radius 1 is 0.786 bits per heavy atom. The van der Waals surface area contributed by atoms with Gasteiger partial charge >= 0.3 is 0 Å². The van der Waals surface area contributed by atoms with Crippen molar-refractivity contribution in [2.75, 3.05) is 0 Å². The van der Waals surface area contributed by atoms with Crippen molar-refractivity contribution in [2.24, 2.45) is 0 Å². The Kier molecular flexibility index (Phi) is 6.05. The number of benzene rings is 1. The molecule has 0 unspecified atom stereocenters. The van der Waals surface area contributed by atoms with E-state index in [-0.39, 0.29) is 11.9 Å². The van der Waals surface area contributed by atoms with Crippen molar-refractivity contribution in [1.82, 2.24) is 14.8 Å². The van der Waals surface area contributed by atoms with E-state index in [4.69, 9.17) is 0 Å². The van der Waals surface area contributed by atoms with Gasteiger partial charge in [0.25, 0.3) is 0 Å². The molecule has 0 aliphatic carbocycles. The monoisotopic (exact) mass is 395 g/mol. The smallest absolute Gasteiger partial charge is 0.194 e. The van der Waals surface area contributed by atoms with Gasteiger partial charge in [-0.2, -0.15) is 0 Å². The summed E-state index contributed by atoms with van der Waals surface area (Å²) in [7, 11) is 0. The van der Waals surface area contributed by atoms with E-state index in [1.54, 1.807) is 6.07 Å². The first-order valence-electron chi connectivity index (χ1n) is 9.44. The summed E-state index contributed by atoms with van der Waals surface area (Å²) in [6, 6.07) is 3.42. The van der Waals surface area contributed by atoms with Gasteiger partial charge in [-0.15, -0.1) is 0 Å². The van der Waals surface area contributed by atoms with E-state index in [1.165, 1.54) is 6.20 Å². The van der Waals surface area contributed by atoms with Crippen molar-refractivity contribution in [3.05, 3.63) is 64.0 Å². The first kappa shape index (κ1) is 20.7. The van der Waals surface area contributed by atoms with E-state index in [0.717, 1.165) is 30.4 Å². The lowest BCUT2D eigenvalue weighted by atomic mass is 10.1. The molecule has 0 saturated carbocycles. The molecule has 2 aromatic rings. The number of nitrogens with zero attached hydrogens (tertiary/aromatic N) is 3. The van der Waals surface area contributed by atoms with E-state index in [1.807, 2.05) is 18.7 Å². The fourth-order valence-electron chi connectivity index (χ4n) is 3.46. The molecule has 2 aliphatic rings. The second-order valence-corrected chi connectivity index (χ2v) is 7.88. The summed E-state index contributed by atoms with van der Waals surface area (Å²) in [6.07, 6.45) is 1.29. The number of halogens is 4. The van der Waals surface area contributed by atoms with Crippen LogP contribution in [0.25, 0.3) is 0 Å². The molecule has 0 atom stereocenters. The average Bonchev–Trinajstić information content (AvgIpc) is 3.24. The number of hydrogen-bond acceptors (Lipinski definition) is 3. The first-order valence-corrected chi connectivity index (χ1v) is 9.44. The van der Waals surface area contributed by atoms with Crippen molar-refractivity contribution >= 4 is 0 Å². The van der Waals surface area contributed by atoms with Crippen LogP contribution < -0.4 is 0 Å². The summed E-state index contributed by atoms with van der Waals surface area (Å²) in [5, 5.41) is 0. The maximum absolute atomic E-state index is 13.4. The average molecular weight is 395 g/mol. The maximum Gasteiger partial charge on any atom is 0.194 e. The van der Waals surface area contributed by atoms with Crippen LogP contribution in [-0.4, -0.2) is 26.9 Å². The Balaban J connectivity index is 0.000000162. The van der Waals surface area contributed by atoms with Gasteiger partial charge < -0.3 is 0 Å². The zero-order chi connectivity index (χ0) is 20.6. The molecule has 0 saturated heterocycles. The van der Waals surface area contributed by atoms with Crippen LogP contribution >= 0.6 is 0 Å². The van der Waals surface area contributed by atoms with E-state index in [2.05, 4.69) is 23.7 Å². The molecule has 0 bridgehead atoms. The van der Waals surface area contributed by atoms with Gasteiger partial charge in [-0.05, 0) is 51.0 Å². The molecule has 0 spiro atoms. The lowest BCUT2D eigenvalue weighted by molar-refractivity contribution is 0.225. The van der Waals surface area contributed by atoms with Gasteiger partial charge in [0.1, 0.15) is 5.82 Å². The molecule has 0 fully saturated rings. The van der Waals surface area contributed by atoms with Gasteiger partial charge in [-0.3, -0.25) is 14.8 Å². The van der Waals surface area contributed by atoms with Crippen LogP contribution in [0, 0.1) is 23.3 Å². The van der Waals surface area contributed by atoms with Gasteiger partial charge in [0.05, 0.1) is 11.9 Å². The van der Waals surface area contributed by atoms with Crippen LogP contribution in [0.1, 0.15) is 50.1 Å².